The van der Waals surface area contributed by atoms with Gasteiger partial charge in [0.2, 0.25) is 5.91 Å². The molecule has 1 aliphatic heterocycles. The number of amides is 2. The molecule has 7 heteroatoms. The minimum absolute atomic E-state index is 0. The summed E-state index contributed by atoms with van der Waals surface area (Å²) in [6.45, 7) is 4.73. The maximum Gasteiger partial charge on any atom is 0.286 e. The molecule has 1 aromatic rings. The molecule has 1 aliphatic rings. The number of halogens is 1. The third kappa shape index (κ3) is 4.25. The van der Waals surface area contributed by atoms with E-state index in [2.05, 4.69) is 10.6 Å². The van der Waals surface area contributed by atoms with Crippen LogP contribution in [0.15, 0.2) is 22.8 Å². The van der Waals surface area contributed by atoms with Crippen LogP contribution < -0.4 is 10.6 Å². The molecule has 6 nitrogen and oxygen atoms in total. The Morgan fingerprint density at radius 1 is 1.55 bits per heavy atom. The number of carbonyl (C=O) groups is 2. The van der Waals surface area contributed by atoms with Crippen molar-refractivity contribution < 1.29 is 14.0 Å². The van der Waals surface area contributed by atoms with Crippen LogP contribution in [0.2, 0.25) is 0 Å². The Morgan fingerprint density at radius 2 is 2.35 bits per heavy atom. The van der Waals surface area contributed by atoms with Gasteiger partial charge in [0.15, 0.2) is 5.76 Å². The standard InChI is InChI=1S/C13H19N3O3.ClH/c1-10-9-14-6-7-16(10)12(17)4-5-15-13(18)11-3-2-8-19-11;/h2-3,8,10,14H,4-7,9H2,1H3,(H,15,18);1H/t10-;/m1./s1. The summed E-state index contributed by atoms with van der Waals surface area (Å²) in [7, 11) is 0. The van der Waals surface area contributed by atoms with Gasteiger partial charge in [-0.25, -0.2) is 0 Å². The summed E-state index contributed by atoms with van der Waals surface area (Å²) in [5, 5.41) is 5.91. The van der Waals surface area contributed by atoms with Crippen molar-refractivity contribution in [3.63, 3.8) is 0 Å². The van der Waals surface area contributed by atoms with Crippen molar-refractivity contribution in [3.05, 3.63) is 24.2 Å². The van der Waals surface area contributed by atoms with E-state index in [0.29, 0.717) is 13.0 Å². The Hall–Kier alpha value is -1.53. The summed E-state index contributed by atoms with van der Waals surface area (Å²) in [6.07, 6.45) is 1.76. The van der Waals surface area contributed by atoms with Gasteiger partial charge in [0.25, 0.3) is 5.91 Å². The minimum Gasteiger partial charge on any atom is -0.459 e. The van der Waals surface area contributed by atoms with Crippen molar-refractivity contribution in [1.29, 1.82) is 0 Å². The average Bonchev–Trinajstić information content (AvgIpc) is 2.93. The zero-order valence-electron chi connectivity index (χ0n) is 11.4. The predicted octanol–water partition coefficient (Wildman–Crippen LogP) is 0.642. The number of hydrogen-bond acceptors (Lipinski definition) is 4. The smallest absolute Gasteiger partial charge is 0.286 e. The maximum atomic E-state index is 12.0. The van der Waals surface area contributed by atoms with Gasteiger partial charge in [-0.1, -0.05) is 0 Å². The van der Waals surface area contributed by atoms with Crippen LogP contribution in [0, 0.1) is 0 Å². The molecule has 1 atom stereocenters. The lowest BCUT2D eigenvalue weighted by Crippen LogP contribution is -2.52. The van der Waals surface area contributed by atoms with E-state index in [4.69, 9.17) is 4.42 Å². The fourth-order valence-electron chi connectivity index (χ4n) is 2.13. The monoisotopic (exact) mass is 301 g/mol. The zero-order chi connectivity index (χ0) is 13.7. The first-order valence-electron chi connectivity index (χ1n) is 6.50. The Balaban J connectivity index is 0.00000200. The number of piperazine rings is 1. The van der Waals surface area contributed by atoms with Gasteiger partial charge in [0, 0.05) is 38.6 Å². The van der Waals surface area contributed by atoms with Crippen LogP contribution in [0.4, 0.5) is 0 Å². The fraction of sp³-hybridized carbons (Fsp3) is 0.538. The SMILES string of the molecule is C[C@@H]1CNCCN1C(=O)CCNC(=O)c1ccco1.Cl. The van der Waals surface area contributed by atoms with Crippen LogP contribution in [0.3, 0.4) is 0 Å². The van der Waals surface area contributed by atoms with E-state index < -0.39 is 0 Å². The molecule has 0 aliphatic carbocycles. The van der Waals surface area contributed by atoms with Crippen LogP contribution >= 0.6 is 12.4 Å². The highest BCUT2D eigenvalue weighted by atomic mass is 35.5. The summed E-state index contributed by atoms with van der Waals surface area (Å²) >= 11 is 0. The molecule has 0 bridgehead atoms. The lowest BCUT2D eigenvalue weighted by molar-refractivity contribution is -0.133. The maximum absolute atomic E-state index is 12.0. The van der Waals surface area contributed by atoms with Crippen LogP contribution in [-0.4, -0.2) is 48.9 Å². The molecule has 20 heavy (non-hydrogen) atoms. The average molecular weight is 302 g/mol. The molecule has 0 saturated carbocycles. The number of rotatable bonds is 4. The largest absolute Gasteiger partial charge is 0.459 e. The lowest BCUT2D eigenvalue weighted by atomic mass is 10.2. The summed E-state index contributed by atoms with van der Waals surface area (Å²) in [5.74, 6) is 0.0582. The van der Waals surface area contributed by atoms with E-state index in [1.54, 1.807) is 12.1 Å². The summed E-state index contributed by atoms with van der Waals surface area (Å²) in [5.41, 5.74) is 0. The van der Waals surface area contributed by atoms with E-state index in [1.165, 1.54) is 6.26 Å². The van der Waals surface area contributed by atoms with Crippen molar-refractivity contribution in [1.82, 2.24) is 15.5 Å². The van der Waals surface area contributed by atoms with Gasteiger partial charge in [-0.15, -0.1) is 12.4 Å². The van der Waals surface area contributed by atoms with Gasteiger partial charge in [-0.05, 0) is 19.1 Å². The molecular weight excluding hydrogens is 282 g/mol. The van der Waals surface area contributed by atoms with Crippen LogP contribution in [0.25, 0.3) is 0 Å². The van der Waals surface area contributed by atoms with E-state index in [1.807, 2.05) is 11.8 Å². The van der Waals surface area contributed by atoms with Gasteiger partial charge in [-0.3, -0.25) is 9.59 Å². The molecule has 0 unspecified atom stereocenters. The molecule has 2 heterocycles. The van der Waals surface area contributed by atoms with Crippen molar-refractivity contribution >= 4 is 24.2 Å². The van der Waals surface area contributed by atoms with Crippen LogP contribution in [0.5, 0.6) is 0 Å². The van der Waals surface area contributed by atoms with Gasteiger partial charge >= 0.3 is 0 Å². The van der Waals surface area contributed by atoms with Crippen molar-refractivity contribution in [2.24, 2.45) is 0 Å². The predicted molar refractivity (Wildman–Crippen MR) is 77.0 cm³/mol. The first kappa shape index (κ1) is 16.5. The van der Waals surface area contributed by atoms with Crippen molar-refractivity contribution in [2.45, 2.75) is 19.4 Å². The molecule has 2 amide bonds. The Morgan fingerprint density at radius 3 is 3.00 bits per heavy atom. The number of carbonyl (C=O) groups excluding carboxylic acids is 2. The second-order valence-corrected chi connectivity index (χ2v) is 4.62. The summed E-state index contributed by atoms with van der Waals surface area (Å²) < 4.78 is 4.97. The van der Waals surface area contributed by atoms with Crippen LogP contribution in [-0.2, 0) is 4.79 Å². The fourth-order valence-corrected chi connectivity index (χ4v) is 2.13. The Bertz CT molecular complexity index is 436. The third-order valence-corrected chi connectivity index (χ3v) is 3.19. The molecule has 1 fully saturated rings. The normalized spacial score (nSPS) is 18.2. The number of hydrogen-bond donors (Lipinski definition) is 2. The van der Waals surface area contributed by atoms with E-state index in [0.717, 1.165) is 19.6 Å². The topological polar surface area (TPSA) is 74.6 Å². The first-order chi connectivity index (χ1) is 9.18. The highest BCUT2D eigenvalue weighted by Crippen LogP contribution is 2.05. The molecule has 1 saturated heterocycles. The molecule has 2 N–H and O–H groups in total. The highest BCUT2D eigenvalue weighted by Gasteiger charge is 2.22. The summed E-state index contributed by atoms with van der Waals surface area (Å²) in [6, 6.07) is 3.46. The number of nitrogens with zero attached hydrogens (tertiary/aromatic N) is 1. The van der Waals surface area contributed by atoms with E-state index in [9.17, 15) is 9.59 Å². The molecule has 1 aromatic heterocycles. The quantitative estimate of drug-likeness (QED) is 0.856. The van der Waals surface area contributed by atoms with Crippen molar-refractivity contribution in [3.8, 4) is 0 Å². The minimum atomic E-state index is -0.286. The lowest BCUT2D eigenvalue weighted by Gasteiger charge is -2.34. The molecule has 2 rings (SSSR count). The third-order valence-electron chi connectivity index (χ3n) is 3.19. The molecular formula is C13H20ClN3O3. The van der Waals surface area contributed by atoms with Gasteiger partial charge in [-0.2, -0.15) is 0 Å². The molecule has 0 spiro atoms. The van der Waals surface area contributed by atoms with Gasteiger partial charge in [0.05, 0.1) is 6.26 Å². The zero-order valence-corrected chi connectivity index (χ0v) is 12.2. The first-order valence-corrected chi connectivity index (χ1v) is 6.50. The second-order valence-electron chi connectivity index (χ2n) is 4.62. The molecule has 0 aromatic carbocycles. The van der Waals surface area contributed by atoms with Crippen LogP contribution in [0.1, 0.15) is 23.9 Å². The van der Waals surface area contributed by atoms with Crippen molar-refractivity contribution in [2.75, 3.05) is 26.2 Å². The molecule has 0 radical (unpaired) electrons. The number of furan rings is 1. The van der Waals surface area contributed by atoms with Gasteiger partial charge in [0.1, 0.15) is 0 Å². The Kier molecular flexibility index (Phi) is 6.54. The van der Waals surface area contributed by atoms with Gasteiger partial charge < -0.3 is 20.0 Å². The molecule has 112 valence electrons. The van der Waals surface area contributed by atoms with E-state index in [-0.39, 0.29) is 36.0 Å². The second kappa shape index (κ2) is 7.91. The number of nitrogens with one attached hydrogen (secondary N) is 2. The van der Waals surface area contributed by atoms with E-state index >= 15 is 0 Å². The highest BCUT2D eigenvalue weighted by molar-refractivity contribution is 5.91. The summed E-state index contributed by atoms with van der Waals surface area (Å²) in [4.78, 5) is 25.4. The Labute approximate surface area is 124 Å².